The van der Waals surface area contributed by atoms with Crippen molar-refractivity contribution >= 4 is 34.6 Å². The third kappa shape index (κ3) is 4.01. The highest BCUT2D eigenvalue weighted by Crippen LogP contribution is 2.12. The van der Waals surface area contributed by atoms with Crippen molar-refractivity contribution in [1.82, 2.24) is 14.9 Å². The zero-order chi connectivity index (χ0) is 12.8. The number of nitrogens with two attached hydrogens (primary N) is 1. The summed E-state index contributed by atoms with van der Waals surface area (Å²) in [5.41, 5.74) is 6.21. The van der Waals surface area contributed by atoms with Crippen molar-refractivity contribution < 1.29 is 4.79 Å². The number of hydrogen-bond acceptors (Lipinski definition) is 5. The van der Waals surface area contributed by atoms with Gasteiger partial charge in [-0.1, -0.05) is 30.6 Å². The van der Waals surface area contributed by atoms with Crippen LogP contribution >= 0.6 is 23.8 Å². The molecule has 0 radical (unpaired) electrons. The van der Waals surface area contributed by atoms with E-state index >= 15 is 0 Å². The molecule has 0 aliphatic heterocycles. The third-order valence-electron chi connectivity index (χ3n) is 2.37. The van der Waals surface area contributed by atoms with Gasteiger partial charge in [-0.15, -0.1) is 5.10 Å². The Balaban J connectivity index is 2.67. The Morgan fingerprint density at radius 1 is 1.59 bits per heavy atom. The Hall–Kier alpha value is -1.08. The molecular formula is C10H16N4OS2. The maximum Gasteiger partial charge on any atom is 0.265 e. The Bertz CT molecular complexity index is 405. The van der Waals surface area contributed by atoms with Gasteiger partial charge in [-0.2, -0.15) is 0 Å². The smallest absolute Gasteiger partial charge is 0.265 e. The van der Waals surface area contributed by atoms with Gasteiger partial charge in [0.1, 0.15) is 4.88 Å². The summed E-state index contributed by atoms with van der Waals surface area (Å²) in [5, 5.41) is 6.81. The first-order valence-electron chi connectivity index (χ1n) is 5.48. The first-order chi connectivity index (χ1) is 8.08. The van der Waals surface area contributed by atoms with Gasteiger partial charge in [0.2, 0.25) is 0 Å². The lowest BCUT2D eigenvalue weighted by Crippen LogP contribution is -2.37. The largest absolute Gasteiger partial charge is 0.393 e. The molecule has 0 aliphatic carbocycles. The molecular weight excluding hydrogens is 256 g/mol. The summed E-state index contributed by atoms with van der Waals surface area (Å²) in [7, 11) is 0. The SMILES string of the molecule is CCc1nnsc1C(=O)NC(CC)CC(N)=S. The van der Waals surface area contributed by atoms with Gasteiger partial charge in [-0.25, -0.2) is 0 Å². The first-order valence-corrected chi connectivity index (χ1v) is 6.67. The van der Waals surface area contributed by atoms with Gasteiger partial charge in [-0.05, 0) is 24.4 Å². The number of amides is 1. The van der Waals surface area contributed by atoms with Gasteiger partial charge in [0.25, 0.3) is 5.91 Å². The van der Waals surface area contributed by atoms with Crippen LogP contribution in [0.1, 0.15) is 42.1 Å². The van der Waals surface area contributed by atoms with Crippen molar-refractivity contribution in [2.24, 2.45) is 5.73 Å². The second-order valence-corrected chi connectivity index (χ2v) is 4.93. The minimum atomic E-state index is -0.139. The standard InChI is InChI=1S/C10H16N4OS2/c1-3-6(5-8(11)16)12-10(15)9-7(4-2)13-14-17-9/h6H,3-5H2,1-2H3,(H2,11,16)(H,12,15). The number of rotatable bonds is 6. The second kappa shape index (κ2) is 6.61. The van der Waals surface area contributed by atoms with Crippen LogP contribution in [-0.4, -0.2) is 26.5 Å². The molecule has 1 atom stereocenters. The predicted molar refractivity (Wildman–Crippen MR) is 72.2 cm³/mol. The van der Waals surface area contributed by atoms with Gasteiger partial charge < -0.3 is 11.1 Å². The molecule has 17 heavy (non-hydrogen) atoms. The van der Waals surface area contributed by atoms with Crippen LogP contribution in [0, 0.1) is 0 Å². The lowest BCUT2D eigenvalue weighted by molar-refractivity contribution is 0.0940. The monoisotopic (exact) mass is 272 g/mol. The van der Waals surface area contributed by atoms with E-state index in [2.05, 4.69) is 14.9 Å². The van der Waals surface area contributed by atoms with Crippen LogP contribution in [0.5, 0.6) is 0 Å². The molecule has 0 aliphatic rings. The van der Waals surface area contributed by atoms with Crippen LogP contribution in [0.25, 0.3) is 0 Å². The zero-order valence-corrected chi connectivity index (χ0v) is 11.5. The summed E-state index contributed by atoms with van der Waals surface area (Å²) in [6, 6.07) is -0.0215. The molecule has 0 saturated carbocycles. The van der Waals surface area contributed by atoms with Gasteiger partial charge in [0.05, 0.1) is 10.7 Å². The number of thiocarbonyl (C=S) groups is 1. The molecule has 1 heterocycles. The maximum absolute atomic E-state index is 12.0. The van der Waals surface area contributed by atoms with E-state index in [0.29, 0.717) is 22.7 Å². The molecule has 1 amide bonds. The summed E-state index contributed by atoms with van der Waals surface area (Å²) < 4.78 is 3.79. The molecule has 3 N–H and O–H groups in total. The van der Waals surface area contributed by atoms with E-state index in [0.717, 1.165) is 23.6 Å². The van der Waals surface area contributed by atoms with Gasteiger partial charge in [0, 0.05) is 12.5 Å². The molecule has 94 valence electrons. The van der Waals surface area contributed by atoms with Crippen LogP contribution in [0.2, 0.25) is 0 Å². The van der Waals surface area contributed by atoms with Crippen molar-refractivity contribution in [2.45, 2.75) is 39.2 Å². The van der Waals surface area contributed by atoms with Gasteiger partial charge in [0.15, 0.2) is 0 Å². The summed E-state index contributed by atoms with van der Waals surface area (Å²) in [6.07, 6.45) is 2.01. The van der Waals surface area contributed by atoms with E-state index < -0.39 is 0 Å². The van der Waals surface area contributed by atoms with E-state index in [4.69, 9.17) is 18.0 Å². The summed E-state index contributed by atoms with van der Waals surface area (Å²) >= 11 is 5.96. The second-order valence-electron chi connectivity index (χ2n) is 3.65. The molecule has 0 saturated heterocycles. The van der Waals surface area contributed by atoms with Crippen molar-refractivity contribution in [3.05, 3.63) is 10.6 Å². The number of aromatic nitrogens is 2. The molecule has 5 nitrogen and oxygen atoms in total. The predicted octanol–water partition coefficient (Wildman–Crippen LogP) is 1.29. The fraction of sp³-hybridized carbons (Fsp3) is 0.600. The molecule has 1 aromatic heterocycles. The van der Waals surface area contributed by atoms with Gasteiger partial charge >= 0.3 is 0 Å². The average Bonchev–Trinajstić information content (AvgIpc) is 2.75. The minimum absolute atomic E-state index is 0.0215. The zero-order valence-electron chi connectivity index (χ0n) is 9.90. The lowest BCUT2D eigenvalue weighted by Gasteiger charge is -2.15. The van der Waals surface area contributed by atoms with Gasteiger partial charge in [-0.3, -0.25) is 4.79 Å². The van der Waals surface area contributed by atoms with Crippen LogP contribution in [-0.2, 0) is 6.42 Å². The fourth-order valence-electron chi connectivity index (χ4n) is 1.40. The minimum Gasteiger partial charge on any atom is -0.393 e. The fourth-order valence-corrected chi connectivity index (χ4v) is 2.26. The molecule has 1 rings (SSSR count). The van der Waals surface area contributed by atoms with Crippen molar-refractivity contribution in [3.8, 4) is 0 Å². The Morgan fingerprint density at radius 3 is 2.82 bits per heavy atom. The molecule has 0 fully saturated rings. The number of hydrogen-bond donors (Lipinski definition) is 2. The highest BCUT2D eigenvalue weighted by molar-refractivity contribution is 7.80. The van der Waals surface area contributed by atoms with E-state index in [9.17, 15) is 4.79 Å². The van der Waals surface area contributed by atoms with E-state index in [1.807, 2.05) is 13.8 Å². The summed E-state index contributed by atoms with van der Waals surface area (Å²) in [6.45, 7) is 3.93. The molecule has 1 aromatic rings. The van der Waals surface area contributed by atoms with Crippen LogP contribution in [0.15, 0.2) is 0 Å². The molecule has 0 bridgehead atoms. The number of carbonyl (C=O) groups is 1. The van der Waals surface area contributed by atoms with Crippen LogP contribution < -0.4 is 11.1 Å². The number of nitrogens with one attached hydrogen (secondary N) is 1. The lowest BCUT2D eigenvalue weighted by atomic mass is 10.1. The Kier molecular flexibility index (Phi) is 5.43. The first kappa shape index (κ1) is 14.0. The van der Waals surface area contributed by atoms with E-state index in [-0.39, 0.29) is 11.9 Å². The number of nitrogens with zero attached hydrogens (tertiary/aromatic N) is 2. The summed E-state index contributed by atoms with van der Waals surface area (Å²) in [4.78, 5) is 13.0. The maximum atomic E-state index is 12.0. The van der Waals surface area contributed by atoms with E-state index in [1.54, 1.807) is 0 Å². The van der Waals surface area contributed by atoms with Crippen LogP contribution in [0.3, 0.4) is 0 Å². The Labute approximate surface area is 110 Å². The van der Waals surface area contributed by atoms with E-state index in [1.165, 1.54) is 0 Å². The quantitative estimate of drug-likeness (QED) is 0.763. The number of aryl methyl sites for hydroxylation is 1. The number of carbonyl (C=O) groups excluding carboxylic acids is 1. The molecule has 7 heteroatoms. The summed E-state index contributed by atoms with van der Waals surface area (Å²) in [5.74, 6) is -0.139. The van der Waals surface area contributed by atoms with Crippen molar-refractivity contribution in [3.63, 3.8) is 0 Å². The van der Waals surface area contributed by atoms with Crippen molar-refractivity contribution in [1.29, 1.82) is 0 Å². The molecule has 1 unspecified atom stereocenters. The molecule has 0 aromatic carbocycles. The highest BCUT2D eigenvalue weighted by atomic mass is 32.1. The highest BCUT2D eigenvalue weighted by Gasteiger charge is 2.18. The average molecular weight is 272 g/mol. The third-order valence-corrected chi connectivity index (χ3v) is 3.31. The van der Waals surface area contributed by atoms with Crippen molar-refractivity contribution in [2.75, 3.05) is 0 Å². The topological polar surface area (TPSA) is 80.9 Å². The molecule has 0 spiro atoms. The van der Waals surface area contributed by atoms with Crippen LogP contribution in [0.4, 0.5) is 0 Å². The normalized spacial score (nSPS) is 12.1. The Morgan fingerprint density at radius 2 is 2.29 bits per heavy atom.